The molecule has 0 aliphatic carbocycles. The quantitative estimate of drug-likeness (QED) is 0.699. The summed E-state index contributed by atoms with van der Waals surface area (Å²) < 4.78 is 36.7. The van der Waals surface area contributed by atoms with Gasteiger partial charge in [0.05, 0.1) is 0 Å². The van der Waals surface area contributed by atoms with E-state index in [9.17, 15) is 22.8 Å². The van der Waals surface area contributed by atoms with Crippen molar-refractivity contribution in [3.63, 3.8) is 0 Å². The number of aliphatic carboxylic acids is 1. The number of carboxylic acid groups (broad SMARTS) is 1. The molecular weight excluding hydrogens is 325 g/mol. The molecule has 2 amide bonds. The topological polar surface area (TPSA) is 78.4 Å². The number of anilines is 1. The smallest absolute Gasteiger partial charge is 0.389 e. The Morgan fingerprint density at radius 2 is 1.83 bits per heavy atom. The summed E-state index contributed by atoms with van der Waals surface area (Å²) in [6.45, 7) is 3.38. The normalized spacial score (nSPS) is 11.9. The lowest BCUT2D eigenvalue weighted by Gasteiger charge is -2.25. The van der Waals surface area contributed by atoms with Crippen molar-refractivity contribution in [3.8, 4) is 0 Å². The van der Waals surface area contributed by atoms with Crippen molar-refractivity contribution < 1.29 is 27.9 Å². The van der Waals surface area contributed by atoms with Crippen molar-refractivity contribution >= 4 is 17.7 Å². The zero-order valence-corrected chi connectivity index (χ0v) is 13.5. The molecule has 24 heavy (non-hydrogen) atoms. The Morgan fingerprint density at radius 3 is 2.42 bits per heavy atom. The van der Waals surface area contributed by atoms with E-state index in [1.807, 2.05) is 0 Å². The molecule has 0 aliphatic rings. The maximum Gasteiger partial charge on any atom is 0.389 e. The molecule has 0 fully saturated rings. The Bertz CT molecular complexity index is 586. The van der Waals surface area contributed by atoms with E-state index in [4.69, 9.17) is 5.11 Å². The maximum absolute atomic E-state index is 12.2. The lowest BCUT2D eigenvalue weighted by molar-refractivity contribution is -0.137. The average molecular weight is 346 g/mol. The summed E-state index contributed by atoms with van der Waals surface area (Å²) in [7, 11) is 0. The average Bonchev–Trinajstić information content (AvgIpc) is 2.42. The number of alkyl halides is 3. The number of halogens is 3. The molecule has 0 radical (unpaired) electrons. The fourth-order valence-electron chi connectivity index (χ4n) is 2.04. The number of aryl methyl sites for hydroxylation is 1. The van der Waals surface area contributed by atoms with Crippen LogP contribution in [0.5, 0.6) is 0 Å². The van der Waals surface area contributed by atoms with E-state index < -0.39 is 30.1 Å². The molecule has 0 bridgehead atoms. The van der Waals surface area contributed by atoms with Crippen molar-refractivity contribution in [1.82, 2.24) is 5.32 Å². The lowest BCUT2D eigenvalue weighted by atomic mass is 9.99. The van der Waals surface area contributed by atoms with E-state index in [1.165, 1.54) is 6.07 Å². The van der Waals surface area contributed by atoms with Crippen LogP contribution in [-0.4, -0.2) is 28.8 Å². The SMILES string of the molecule is CC(C)(CCC(=O)O)NC(=O)Nc1cccc(CCC(F)(F)F)c1. The van der Waals surface area contributed by atoms with Gasteiger partial charge in [-0.25, -0.2) is 4.79 Å². The van der Waals surface area contributed by atoms with Gasteiger partial charge < -0.3 is 15.7 Å². The predicted molar refractivity (Wildman–Crippen MR) is 83.9 cm³/mol. The first-order chi connectivity index (χ1) is 11.0. The van der Waals surface area contributed by atoms with Gasteiger partial charge in [0.1, 0.15) is 0 Å². The van der Waals surface area contributed by atoms with Gasteiger partial charge in [-0.15, -0.1) is 0 Å². The molecule has 0 aliphatic heterocycles. The predicted octanol–water partition coefficient (Wildman–Crippen LogP) is 3.95. The highest BCUT2D eigenvalue weighted by Gasteiger charge is 2.26. The summed E-state index contributed by atoms with van der Waals surface area (Å²) in [5, 5.41) is 13.9. The van der Waals surface area contributed by atoms with Gasteiger partial charge in [-0.3, -0.25) is 4.79 Å². The lowest BCUT2D eigenvalue weighted by Crippen LogP contribution is -2.45. The third-order valence-corrected chi connectivity index (χ3v) is 3.30. The molecule has 0 aromatic heterocycles. The molecule has 0 saturated heterocycles. The Morgan fingerprint density at radius 1 is 1.17 bits per heavy atom. The van der Waals surface area contributed by atoms with E-state index in [0.29, 0.717) is 11.3 Å². The van der Waals surface area contributed by atoms with Gasteiger partial charge in [-0.05, 0) is 44.4 Å². The van der Waals surface area contributed by atoms with Crippen LogP contribution in [0.3, 0.4) is 0 Å². The van der Waals surface area contributed by atoms with E-state index >= 15 is 0 Å². The second kappa shape index (κ2) is 8.03. The Balaban J connectivity index is 2.59. The van der Waals surface area contributed by atoms with E-state index in [1.54, 1.807) is 32.0 Å². The summed E-state index contributed by atoms with van der Waals surface area (Å²) in [6.07, 6.45) is -5.15. The van der Waals surface area contributed by atoms with Crippen LogP contribution in [0, 0.1) is 0 Å². The fourth-order valence-corrected chi connectivity index (χ4v) is 2.04. The second-order valence-corrected chi connectivity index (χ2v) is 6.17. The largest absolute Gasteiger partial charge is 0.481 e. The summed E-state index contributed by atoms with van der Waals surface area (Å²) in [5.41, 5.74) is 0.118. The number of amides is 2. The van der Waals surface area contributed by atoms with Gasteiger partial charge in [-0.1, -0.05) is 12.1 Å². The molecule has 8 heteroatoms. The molecule has 0 saturated carbocycles. The Labute approximate surface area is 138 Å². The maximum atomic E-state index is 12.2. The number of benzene rings is 1. The number of hydrogen-bond donors (Lipinski definition) is 3. The van der Waals surface area contributed by atoms with Crippen LogP contribution in [0.2, 0.25) is 0 Å². The first kappa shape index (κ1) is 19.8. The van der Waals surface area contributed by atoms with Gasteiger partial charge >= 0.3 is 18.2 Å². The highest BCUT2D eigenvalue weighted by Crippen LogP contribution is 2.23. The van der Waals surface area contributed by atoms with Crippen LogP contribution in [0.25, 0.3) is 0 Å². The molecule has 0 heterocycles. The molecule has 5 nitrogen and oxygen atoms in total. The first-order valence-corrected chi connectivity index (χ1v) is 7.43. The zero-order valence-electron chi connectivity index (χ0n) is 13.5. The number of carbonyl (C=O) groups excluding carboxylic acids is 1. The minimum Gasteiger partial charge on any atom is -0.481 e. The molecular formula is C16H21F3N2O3. The summed E-state index contributed by atoms with van der Waals surface area (Å²) in [6, 6.07) is 5.64. The van der Waals surface area contributed by atoms with Gasteiger partial charge in [0, 0.05) is 24.1 Å². The Kier molecular flexibility index (Phi) is 6.62. The molecule has 134 valence electrons. The number of urea groups is 1. The standard InChI is InChI=1S/C16H21F3N2O3/c1-15(2,8-7-13(22)23)21-14(24)20-12-5-3-4-11(10-12)6-9-16(17,18)19/h3-5,10H,6-9H2,1-2H3,(H,22,23)(H2,20,21,24). The van der Waals surface area contributed by atoms with Crippen LogP contribution in [0.15, 0.2) is 24.3 Å². The fraction of sp³-hybridized carbons (Fsp3) is 0.500. The first-order valence-electron chi connectivity index (χ1n) is 7.43. The van der Waals surface area contributed by atoms with Crippen molar-refractivity contribution in [1.29, 1.82) is 0 Å². The molecule has 1 aromatic rings. The molecule has 0 unspecified atom stereocenters. The minimum atomic E-state index is -4.23. The van der Waals surface area contributed by atoms with E-state index in [-0.39, 0.29) is 19.3 Å². The van der Waals surface area contributed by atoms with Crippen LogP contribution < -0.4 is 10.6 Å². The second-order valence-electron chi connectivity index (χ2n) is 6.17. The molecule has 0 atom stereocenters. The summed E-state index contributed by atoms with van der Waals surface area (Å²) in [4.78, 5) is 22.5. The molecule has 3 N–H and O–H groups in total. The summed E-state index contributed by atoms with van der Waals surface area (Å²) in [5.74, 6) is -0.956. The molecule has 0 spiro atoms. The van der Waals surface area contributed by atoms with Crippen LogP contribution in [0.4, 0.5) is 23.7 Å². The van der Waals surface area contributed by atoms with Crippen molar-refractivity contribution in [2.24, 2.45) is 0 Å². The third-order valence-electron chi connectivity index (χ3n) is 3.30. The van der Waals surface area contributed by atoms with Crippen LogP contribution in [0.1, 0.15) is 38.7 Å². The molecule has 1 rings (SSSR count). The Hall–Kier alpha value is -2.25. The summed E-state index contributed by atoms with van der Waals surface area (Å²) >= 11 is 0. The number of nitrogens with one attached hydrogen (secondary N) is 2. The van der Waals surface area contributed by atoms with Crippen molar-refractivity contribution in [2.45, 2.75) is 51.2 Å². The minimum absolute atomic E-state index is 0.0831. The van der Waals surface area contributed by atoms with Gasteiger partial charge in [-0.2, -0.15) is 13.2 Å². The van der Waals surface area contributed by atoms with E-state index in [2.05, 4.69) is 10.6 Å². The highest BCUT2D eigenvalue weighted by molar-refractivity contribution is 5.89. The number of carbonyl (C=O) groups is 2. The van der Waals surface area contributed by atoms with Gasteiger partial charge in [0.25, 0.3) is 0 Å². The third kappa shape index (κ3) is 8.40. The van der Waals surface area contributed by atoms with E-state index in [0.717, 1.165) is 0 Å². The molecule has 1 aromatic carbocycles. The zero-order chi connectivity index (χ0) is 18.4. The monoisotopic (exact) mass is 346 g/mol. The van der Waals surface area contributed by atoms with Crippen LogP contribution in [-0.2, 0) is 11.2 Å². The van der Waals surface area contributed by atoms with Crippen LogP contribution >= 0.6 is 0 Å². The number of rotatable bonds is 7. The number of carboxylic acids is 1. The van der Waals surface area contributed by atoms with Gasteiger partial charge in [0.2, 0.25) is 0 Å². The number of hydrogen-bond acceptors (Lipinski definition) is 2. The van der Waals surface area contributed by atoms with Crippen molar-refractivity contribution in [2.75, 3.05) is 5.32 Å². The van der Waals surface area contributed by atoms with Crippen molar-refractivity contribution in [3.05, 3.63) is 29.8 Å². The highest BCUT2D eigenvalue weighted by atomic mass is 19.4. The van der Waals surface area contributed by atoms with Gasteiger partial charge in [0.15, 0.2) is 0 Å².